The number of carbonyl (C=O) groups is 1. The van der Waals surface area contributed by atoms with E-state index in [1.165, 1.54) is 0 Å². The van der Waals surface area contributed by atoms with Crippen LogP contribution in [0.2, 0.25) is 0 Å². The van der Waals surface area contributed by atoms with E-state index in [-0.39, 0.29) is 0 Å². The predicted molar refractivity (Wildman–Crippen MR) is 188 cm³/mol. The molecule has 0 atom stereocenters. The van der Waals surface area contributed by atoms with Crippen molar-refractivity contribution in [2.75, 3.05) is 159 Å². The molecule has 0 saturated carbocycles. The monoisotopic (exact) mass is 726 g/mol. The van der Waals surface area contributed by atoms with Gasteiger partial charge in [-0.15, -0.1) is 0 Å². The minimum absolute atomic E-state index is 0.429. The van der Waals surface area contributed by atoms with Gasteiger partial charge < -0.3 is 61.6 Å². The number of ether oxygens (including phenoxy) is 13. The normalized spacial score (nSPS) is 11.2. The Balaban J connectivity index is 1.13. The Bertz CT molecular complexity index is 999. The quantitative estimate of drug-likeness (QED) is 0.0737. The van der Waals surface area contributed by atoms with Crippen molar-refractivity contribution in [1.82, 2.24) is 0 Å². The molecule has 0 bridgehead atoms. The summed E-state index contributed by atoms with van der Waals surface area (Å²) in [6, 6.07) is 16.6. The van der Waals surface area contributed by atoms with Crippen molar-refractivity contribution in [3.8, 4) is 11.5 Å². The maximum absolute atomic E-state index is 10.6. The van der Waals surface area contributed by atoms with Crippen LogP contribution in [0, 0.1) is 0 Å². The third-order valence-electron chi connectivity index (χ3n) is 6.47. The van der Waals surface area contributed by atoms with E-state index in [1.54, 1.807) is 24.3 Å². The fourth-order valence-corrected chi connectivity index (χ4v) is 3.90. The fourth-order valence-electron chi connectivity index (χ4n) is 3.90. The van der Waals surface area contributed by atoms with Gasteiger partial charge >= 0.3 is 0 Å². The Morgan fingerprint density at radius 1 is 0.294 bits per heavy atom. The maximum Gasteiger partial charge on any atom is 0.150 e. The van der Waals surface area contributed by atoms with Crippen molar-refractivity contribution in [3.63, 3.8) is 0 Å². The van der Waals surface area contributed by atoms with Crippen LogP contribution in [0.1, 0.15) is 10.4 Å². The van der Waals surface area contributed by atoms with Crippen LogP contribution >= 0.6 is 0 Å². The molecule has 0 fully saturated rings. The van der Waals surface area contributed by atoms with Gasteiger partial charge in [0.15, 0.2) is 0 Å². The second-order valence-electron chi connectivity index (χ2n) is 10.4. The maximum atomic E-state index is 10.6. The first-order chi connectivity index (χ1) is 25.4. The van der Waals surface area contributed by atoms with Gasteiger partial charge in [0.25, 0.3) is 0 Å². The number of benzene rings is 2. The van der Waals surface area contributed by atoms with Crippen LogP contribution < -0.4 is 9.47 Å². The highest BCUT2D eigenvalue weighted by molar-refractivity contribution is 5.74. The number of carbonyl (C=O) groups excluding carboxylic acids is 1. The molecule has 0 unspecified atom stereocenters. The first kappa shape index (κ1) is 44.4. The summed E-state index contributed by atoms with van der Waals surface area (Å²) in [6.45, 7) is 11.9. The standard InChI is InChI=1S/C37H58O14/c38-34-35-6-8-37(9-7-35)51-33-31-49-29-27-47-25-23-45-21-19-43-17-15-41-13-11-39-10-12-40-14-16-42-18-20-44-22-24-46-26-28-48-30-32-50-36-4-2-1-3-5-36/h1-9,34H,10-33H2. The van der Waals surface area contributed by atoms with Gasteiger partial charge in [-0.3, -0.25) is 4.79 Å². The molecule has 14 nitrogen and oxygen atoms in total. The van der Waals surface area contributed by atoms with Crippen LogP contribution in [-0.4, -0.2) is 165 Å². The van der Waals surface area contributed by atoms with Crippen molar-refractivity contribution in [2.24, 2.45) is 0 Å². The molecule has 14 heteroatoms. The van der Waals surface area contributed by atoms with Gasteiger partial charge in [0, 0.05) is 5.56 Å². The van der Waals surface area contributed by atoms with E-state index in [1.807, 2.05) is 30.3 Å². The molecule has 0 amide bonds. The minimum atomic E-state index is 0.429. The van der Waals surface area contributed by atoms with E-state index in [2.05, 4.69) is 0 Å². The second-order valence-corrected chi connectivity index (χ2v) is 10.4. The molecule has 2 aromatic rings. The molecule has 0 aromatic heterocycles. The molecule has 2 rings (SSSR count). The summed E-state index contributed by atoms with van der Waals surface area (Å²) in [5.41, 5.74) is 0.617. The van der Waals surface area contributed by atoms with E-state index in [0.717, 1.165) is 12.0 Å². The number of rotatable bonds is 39. The zero-order chi connectivity index (χ0) is 36.0. The predicted octanol–water partition coefficient (Wildman–Crippen LogP) is 3.14. The molecule has 0 saturated heterocycles. The highest BCUT2D eigenvalue weighted by Crippen LogP contribution is 2.10. The summed E-state index contributed by atoms with van der Waals surface area (Å²) in [7, 11) is 0. The van der Waals surface area contributed by atoms with Gasteiger partial charge in [-0.25, -0.2) is 0 Å². The summed E-state index contributed by atoms with van der Waals surface area (Å²) in [4.78, 5) is 10.6. The van der Waals surface area contributed by atoms with E-state index < -0.39 is 0 Å². The highest BCUT2D eigenvalue weighted by atomic mass is 16.6. The third-order valence-corrected chi connectivity index (χ3v) is 6.47. The summed E-state index contributed by atoms with van der Waals surface area (Å²) in [5.74, 6) is 1.54. The fraction of sp³-hybridized carbons (Fsp3) is 0.649. The van der Waals surface area contributed by atoms with Gasteiger partial charge in [-0.1, -0.05) is 18.2 Å². The summed E-state index contributed by atoms with van der Waals surface area (Å²) >= 11 is 0. The molecular formula is C37H58O14. The molecule has 0 radical (unpaired) electrons. The molecule has 0 aliphatic rings. The summed E-state index contributed by atoms with van der Waals surface area (Å²) in [5, 5.41) is 0. The van der Waals surface area contributed by atoms with Crippen LogP contribution in [0.15, 0.2) is 54.6 Å². The first-order valence-electron chi connectivity index (χ1n) is 17.6. The SMILES string of the molecule is O=Cc1ccc(OCCOCCOCCOCCOCCOCCOCCOCCOCCOCCOCCOCCOc2ccccc2)cc1. The van der Waals surface area contributed by atoms with Crippen LogP contribution in [0.4, 0.5) is 0 Å². The van der Waals surface area contributed by atoms with Crippen LogP contribution in [0.25, 0.3) is 0 Å². The van der Waals surface area contributed by atoms with E-state index in [0.29, 0.717) is 170 Å². The van der Waals surface area contributed by atoms with Gasteiger partial charge in [-0.2, -0.15) is 0 Å². The molecular weight excluding hydrogens is 668 g/mol. The Morgan fingerprint density at radius 3 is 0.784 bits per heavy atom. The van der Waals surface area contributed by atoms with E-state index in [9.17, 15) is 4.79 Å². The van der Waals surface area contributed by atoms with Crippen LogP contribution in [0.5, 0.6) is 11.5 Å². The molecule has 51 heavy (non-hydrogen) atoms. The first-order valence-corrected chi connectivity index (χ1v) is 17.6. The van der Waals surface area contributed by atoms with Crippen molar-refractivity contribution in [1.29, 1.82) is 0 Å². The van der Waals surface area contributed by atoms with Crippen molar-refractivity contribution < 1.29 is 66.4 Å². The summed E-state index contributed by atoms with van der Waals surface area (Å²) < 4.78 is 71.4. The summed E-state index contributed by atoms with van der Waals surface area (Å²) in [6.07, 6.45) is 0.798. The van der Waals surface area contributed by atoms with Crippen molar-refractivity contribution in [3.05, 3.63) is 60.2 Å². The highest BCUT2D eigenvalue weighted by Gasteiger charge is 1.98. The molecule has 0 aliphatic heterocycles. The molecule has 0 heterocycles. The molecule has 0 N–H and O–H groups in total. The Morgan fingerprint density at radius 2 is 0.529 bits per heavy atom. The Labute approximate surface area is 302 Å². The number of aldehydes is 1. The largest absolute Gasteiger partial charge is 0.491 e. The third kappa shape index (κ3) is 29.5. The van der Waals surface area contributed by atoms with E-state index >= 15 is 0 Å². The lowest BCUT2D eigenvalue weighted by atomic mass is 10.2. The number of hydrogen-bond acceptors (Lipinski definition) is 14. The Hall–Kier alpha value is -2.73. The average molecular weight is 727 g/mol. The number of para-hydroxylation sites is 1. The van der Waals surface area contributed by atoms with Gasteiger partial charge in [0.2, 0.25) is 0 Å². The lowest BCUT2D eigenvalue weighted by Crippen LogP contribution is -2.15. The minimum Gasteiger partial charge on any atom is -0.491 e. The average Bonchev–Trinajstić information content (AvgIpc) is 3.16. The zero-order valence-electron chi connectivity index (χ0n) is 30.0. The molecule has 0 spiro atoms. The lowest BCUT2D eigenvalue weighted by Gasteiger charge is -2.09. The lowest BCUT2D eigenvalue weighted by molar-refractivity contribution is -0.0279. The van der Waals surface area contributed by atoms with Gasteiger partial charge in [0.1, 0.15) is 31.0 Å². The van der Waals surface area contributed by atoms with Crippen LogP contribution in [0.3, 0.4) is 0 Å². The Kier molecular flexibility index (Phi) is 31.1. The number of hydrogen-bond donors (Lipinski definition) is 0. The molecule has 0 aliphatic carbocycles. The molecule has 2 aromatic carbocycles. The molecule has 290 valence electrons. The van der Waals surface area contributed by atoms with Gasteiger partial charge in [0.05, 0.1) is 145 Å². The zero-order valence-corrected chi connectivity index (χ0v) is 30.0. The topological polar surface area (TPSA) is 137 Å². The van der Waals surface area contributed by atoms with Crippen molar-refractivity contribution in [2.45, 2.75) is 0 Å². The second kappa shape index (κ2) is 35.7. The van der Waals surface area contributed by atoms with E-state index in [4.69, 9.17) is 61.6 Å². The smallest absolute Gasteiger partial charge is 0.150 e. The van der Waals surface area contributed by atoms with Crippen molar-refractivity contribution >= 4 is 6.29 Å². The van der Waals surface area contributed by atoms with Gasteiger partial charge in [-0.05, 0) is 36.4 Å². The van der Waals surface area contributed by atoms with Crippen LogP contribution in [-0.2, 0) is 52.1 Å².